The van der Waals surface area contributed by atoms with Crippen molar-refractivity contribution in [3.63, 3.8) is 0 Å². The van der Waals surface area contributed by atoms with Crippen LogP contribution < -0.4 is 58.9 Å². The van der Waals surface area contributed by atoms with Crippen molar-refractivity contribution in [2.45, 2.75) is 132 Å². The Balaban J connectivity index is 1.41. The van der Waals surface area contributed by atoms with Crippen LogP contribution in [0.25, 0.3) is 10.9 Å². The first-order valence-corrected chi connectivity index (χ1v) is 29.4. The zero-order valence-corrected chi connectivity index (χ0v) is 47.0. The van der Waals surface area contributed by atoms with Gasteiger partial charge in [0, 0.05) is 60.5 Å². The lowest BCUT2D eigenvalue weighted by Crippen LogP contribution is -2.61. The Kier molecular flexibility index (Phi) is 23.9. The molecule has 0 saturated carbocycles. The van der Waals surface area contributed by atoms with Crippen LogP contribution >= 0.6 is 21.6 Å². The molecule has 15 N–H and O–H groups in total. The highest BCUT2D eigenvalue weighted by molar-refractivity contribution is 8.76. The van der Waals surface area contributed by atoms with Crippen LogP contribution in [-0.2, 0) is 60.8 Å². The summed E-state index contributed by atoms with van der Waals surface area (Å²) in [6, 6.07) is 3.05. The second-order valence-corrected chi connectivity index (χ2v) is 22.5. The van der Waals surface area contributed by atoms with Crippen molar-refractivity contribution in [3.8, 4) is 0 Å². The SMILES string of the molecule is CCCC[C@@H](C(=O)N[C@H]1CSSC[C@@H](C(C)=O)NC(=O)[C@H](Cc2c[nH]c3ccccc23)NC(=O)[C@H](CCCNC(=N)N)NC(=O)[C@@H](Cc2ccccc2)NC(=O)[C@H](CC2CN=CN2)NC(=O)[C@H](CCC(=O)O)NC1=O)N1C(=O)CNC1=O. The number of carboxylic acids is 1. The summed E-state index contributed by atoms with van der Waals surface area (Å²) in [7, 11) is 2.00. The van der Waals surface area contributed by atoms with E-state index in [1.54, 1.807) is 42.6 Å². The van der Waals surface area contributed by atoms with Crippen LogP contribution in [0.5, 0.6) is 0 Å². The van der Waals surface area contributed by atoms with E-state index in [2.05, 4.69) is 63.1 Å². The number of hydrogen-bond donors (Lipinski definition) is 14. The van der Waals surface area contributed by atoms with Gasteiger partial charge in [0.15, 0.2) is 11.7 Å². The fourth-order valence-corrected chi connectivity index (χ4v) is 11.7. The molecule has 1 aromatic heterocycles. The molecular formula is C53H71N15O12S2. The van der Waals surface area contributed by atoms with E-state index in [9.17, 15) is 57.8 Å². The summed E-state index contributed by atoms with van der Waals surface area (Å²) in [6.07, 6.45) is 2.64. The summed E-state index contributed by atoms with van der Waals surface area (Å²) >= 11 is 0. The number of imide groups is 1. The van der Waals surface area contributed by atoms with Crippen LogP contribution in [0.1, 0.15) is 76.3 Å². The number of ketones is 1. The van der Waals surface area contributed by atoms with Crippen LogP contribution in [0.4, 0.5) is 4.79 Å². The molecule has 442 valence electrons. The number of H-pyrrole nitrogens is 1. The van der Waals surface area contributed by atoms with Crippen molar-refractivity contribution < 1.29 is 57.8 Å². The van der Waals surface area contributed by atoms with Crippen LogP contribution in [-0.4, -0.2) is 178 Å². The average Bonchev–Trinajstić information content (AvgIpc) is 4.26. The molecule has 3 aliphatic heterocycles. The van der Waals surface area contributed by atoms with Gasteiger partial charge in [-0.2, -0.15) is 0 Å². The van der Waals surface area contributed by atoms with E-state index in [1.807, 2.05) is 25.1 Å². The number of unbranched alkanes of at least 4 members (excludes halogenated alkanes) is 1. The molecule has 0 bridgehead atoms. The Morgan fingerprint density at radius 3 is 2.06 bits per heavy atom. The highest BCUT2D eigenvalue weighted by Gasteiger charge is 2.41. The van der Waals surface area contributed by atoms with Crippen molar-refractivity contribution in [1.82, 2.24) is 63.1 Å². The standard InChI is InChI=1S/C53H71N15O12S2/c1-3-4-16-42(68-43(70)25-59-53(68)80)51(79)67-41-27-82-81-26-40(29(2)69)66-48(76)38(21-31-23-58-34-14-9-8-13-33(31)34)64-45(73)35(15-10-19-57-52(54)55)61-47(75)37(20-30-11-6-5-7-12-30)63-49(77)39(22-32-24-56-28-60-32)65-46(74)36(62-50(41)78)17-18-44(71)72/h5-9,11-14,23,28,32,35-42,58H,3-4,10,15-22,24-27H2,1-2H3,(H,56,60)(H,59,80)(H,61,75)(H,62,78)(H,63,77)(H,64,73)(H,65,74)(H,66,76)(H,67,79)(H,71,72)(H4,54,55,57)/t32?,35-,36-,37+,38-,39-,40-,41-,42-/m0/s1. The van der Waals surface area contributed by atoms with E-state index in [-0.39, 0.29) is 75.6 Å². The smallest absolute Gasteiger partial charge is 0.325 e. The van der Waals surface area contributed by atoms with E-state index in [1.165, 1.54) is 13.3 Å². The number of benzene rings is 2. The first kappa shape index (κ1) is 63.0. The molecule has 3 aliphatic rings. The van der Waals surface area contributed by atoms with Gasteiger partial charge in [-0.3, -0.25) is 63.2 Å². The predicted molar refractivity (Wildman–Crippen MR) is 306 cm³/mol. The molecule has 4 heterocycles. The number of carbonyl (C=O) groups is 11. The van der Waals surface area contributed by atoms with E-state index >= 15 is 0 Å². The van der Waals surface area contributed by atoms with Gasteiger partial charge in [-0.15, -0.1) is 0 Å². The zero-order chi connectivity index (χ0) is 59.3. The molecule has 3 aromatic rings. The van der Waals surface area contributed by atoms with Crippen molar-refractivity contribution in [2.24, 2.45) is 10.7 Å². The number of aromatic nitrogens is 1. The Labute approximate surface area is 480 Å². The maximum Gasteiger partial charge on any atom is 0.325 e. The Bertz CT molecular complexity index is 2830. The zero-order valence-electron chi connectivity index (χ0n) is 45.4. The second-order valence-electron chi connectivity index (χ2n) is 20.0. The Morgan fingerprint density at radius 2 is 1.40 bits per heavy atom. The minimum Gasteiger partial charge on any atom is -0.481 e. The van der Waals surface area contributed by atoms with Gasteiger partial charge in [0.1, 0.15) is 42.3 Å². The number of carbonyl (C=O) groups excluding carboxylic acids is 10. The van der Waals surface area contributed by atoms with E-state index in [0.717, 1.165) is 37.4 Å². The summed E-state index contributed by atoms with van der Waals surface area (Å²) in [4.78, 5) is 162. The molecule has 2 saturated heterocycles. The van der Waals surface area contributed by atoms with Gasteiger partial charge in [-0.25, -0.2) is 4.79 Å². The monoisotopic (exact) mass is 1170 g/mol. The summed E-state index contributed by atoms with van der Waals surface area (Å²) in [5.74, 6) is -9.49. The minimum absolute atomic E-state index is 0.0284. The van der Waals surface area contributed by atoms with Crippen LogP contribution in [0.2, 0.25) is 0 Å². The number of para-hydroxylation sites is 1. The van der Waals surface area contributed by atoms with Gasteiger partial charge in [0.05, 0.1) is 25.5 Å². The number of aromatic amines is 1. The first-order chi connectivity index (χ1) is 39.3. The van der Waals surface area contributed by atoms with Gasteiger partial charge >= 0.3 is 12.0 Å². The highest BCUT2D eigenvalue weighted by atomic mass is 33.1. The van der Waals surface area contributed by atoms with Gasteiger partial charge in [0.25, 0.3) is 5.91 Å². The molecule has 27 nitrogen and oxygen atoms in total. The fraction of sp³-hybridized carbons (Fsp3) is 0.491. The summed E-state index contributed by atoms with van der Waals surface area (Å²) in [6.45, 7) is 3.00. The third-order valence-corrected chi connectivity index (χ3v) is 16.2. The first-order valence-electron chi connectivity index (χ1n) is 26.9. The number of rotatable bonds is 20. The molecule has 6 rings (SSSR count). The lowest BCUT2D eigenvalue weighted by atomic mass is 10.0. The highest BCUT2D eigenvalue weighted by Crippen LogP contribution is 2.25. The maximum absolute atomic E-state index is 14.8. The van der Waals surface area contributed by atoms with Crippen molar-refractivity contribution >= 4 is 110 Å². The number of aliphatic carboxylic acids is 1. The third kappa shape index (κ3) is 18.7. The van der Waals surface area contributed by atoms with Gasteiger partial charge < -0.3 is 69.0 Å². The summed E-state index contributed by atoms with van der Waals surface area (Å²) < 4.78 is 0. The number of urea groups is 1. The predicted octanol–water partition coefficient (Wildman–Crippen LogP) is -1.04. The number of Topliss-reactive ketones (excluding diaryl/α,β-unsaturated/α-hetero) is 1. The average molecular weight is 1170 g/mol. The molecule has 10 amide bonds. The Hall–Kier alpha value is -8.21. The lowest BCUT2D eigenvalue weighted by molar-refractivity contribution is -0.139. The summed E-state index contributed by atoms with van der Waals surface area (Å²) in [5, 5.41) is 45.1. The topological polar surface area (TPSA) is 410 Å². The molecule has 0 aliphatic carbocycles. The minimum atomic E-state index is -1.66. The molecule has 0 spiro atoms. The Morgan fingerprint density at radius 1 is 0.780 bits per heavy atom. The lowest BCUT2D eigenvalue weighted by Gasteiger charge is -2.29. The van der Waals surface area contributed by atoms with Gasteiger partial charge in [0.2, 0.25) is 41.4 Å². The normalized spacial score (nSPS) is 23.9. The molecule has 0 radical (unpaired) electrons. The largest absolute Gasteiger partial charge is 0.481 e. The molecular weight excluding hydrogens is 1100 g/mol. The van der Waals surface area contributed by atoms with Crippen LogP contribution in [0.15, 0.2) is 65.8 Å². The fourth-order valence-electron chi connectivity index (χ4n) is 9.28. The van der Waals surface area contributed by atoms with E-state index < -0.39 is 132 Å². The quantitative estimate of drug-likeness (QED) is 0.0211. The summed E-state index contributed by atoms with van der Waals surface area (Å²) in [5.41, 5.74) is 7.49. The number of nitrogens with two attached hydrogens (primary N) is 1. The maximum atomic E-state index is 14.8. The molecule has 2 fully saturated rings. The molecule has 1 unspecified atom stereocenters. The number of nitrogens with zero attached hydrogens (tertiary/aromatic N) is 2. The van der Waals surface area contributed by atoms with Crippen LogP contribution in [0.3, 0.4) is 0 Å². The van der Waals surface area contributed by atoms with Crippen molar-refractivity contribution in [1.29, 1.82) is 5.41 Å². The van der Waals surface area contributed by atoms with Gasteiger partial charge in [-0.1, -0.05) is 89.9 Å². The molecule has 9 atom stereocenters. The number of nitrogens with one attached hydrogen (secondary N) is 12. The molecule has 82 heavy (non-hydrogen) atoms. The number of fused-ring (bicyclic) bond motifs is 1. The van der Waals surface area contributed by atoms with E-state index in [0.29, 0.717) is 24.0 Å². The molecule has 29 heteroatoms. The number of guanidine groups is 1. The number of amides is 10. The van der Waals surface area contributed by atoms with Crippen molar-refractivity contribution in [3.05, 3.63) is 71.9 Å². The van der Waals surface area contributed by atoms with Crippen molar-refractivity contribution in [2.75, 3.05) is 31.1 Å². The second kappa shape index (κ2) is 31.1. The van der Waals surface area contributed by atoms with Crippen LogP contribution in [0, 0.1) is 5.41 Å². The van der Waals surface area contributed by atoms with E-state index in [4.69, 9.17) is 11.1 Å². The number of carboxylic acid groups (broad SMARTS) is 1. The number of hydrogen-bond acceptors (Lipinski definition) is 16. The number of aliphatic imine (C=N–C) groups is 1. The molecule has 2 aromatic carbocycles. The third-order valence-electron chi connectivity index (χ3n) is 13.7. The van der Waals surface area contributed by atoms with Gasteiger partial charge in [-0.05, 0) is 56.2 Å².